The third-order valence-electron chi connectivity index (χ3n) is 2.55. The molecule has 3 heteroatoms. The van der Waals surface area contributed by atoms with Gasteiger partial charge in [0.2, 0.25) is 0 Å². The van der Waals surface area contributed by atoms with Crippen LogP contribution in [0.25, 0.3) is 11.1 Å². The van der Waals surface area contributed by atoms with Gasteiger partial charge in [0, 0.05) is 18.2 Å². The van der Waals surface area contributed by atoms with Crippen molar-refractivity contribution in [2.24, 2.45) is 0 Å². The molecule has 2 rings (SSSR count). The van der Waals surface area contributed by atoms with E-state index in [0.717, 1.165) is 23.2 Å². The Balaban J connectivity index is 2.39. The molecular weight excluding hydrogens is 228 g/mol. The summed E-state index contributed by atoms with van der Waals surface area (Å²) >= 11 is 0. The fourth-order valence-electron chi connectivity index (χ4n) is 1.73. The fraction of sp³-hybridized carbons (Fsp3) is 0.133. The Morgan fingerprint density at radius 3 is 2.72 bits per heavy atom. The van der Waals surface area contributed by atoms with Gasteiger partial charge in [-0.25, -0.2) is 0 Å². The molecule has 0 aromatic heterocycles. The first kappa shape index (κ1) is 12.3. The summed E-state index contributed by atoms with van der Waals surface area (Å²) in [4.78, 5) is 10.8. The van der Waals surface area contributed by atoms with Crippen LogP contribution in [0.15, 0.2) is 48.5 Å². The number of rotatable bonds is 5. The molecule has 0 saturated heterocycles. The largest absolute Gasteiger partial charge is 0.467 e. The van der Waals surface area contributed by atoms with Gasteiger partial charge < -0.3 is 9.47 Å². The van der Waals surface area contributed by atoms with Gasteiger partial charge in [-0.05, 0) is 17.7 Å². The molecule has 0 fully saturated rings. The van der Waals surface area contributed by atoms with E-state index in [1.165, 1.54) is 0 Å². The van der Waals surface area contributed by atoms with Crippen LogP contribution >= 0.6 is 0 Å². The quantitative estimate of drug-likeness (QED) is 0.597. The molecule has 18 heavy (non-hydrogen) atoms. The summed E-state index contributed by atoms with van der Waals surface area (Å²) < 4.78 is 10.4. The topological polar surface area (TPSA) is 35.5 Å². The van der Waals surface area contributed by atoms with E-state index in [1.807, 2.05) is 42.5 Å². The Kier molecular flexibility index (Phi) is 4.10. The van der Waals surface area contributed by atoms with E-state index >= 15 is 0 Å². The highest BCUT2D eigenvalue weighted by atomic mass is 16.7. The van der Waals surface area contributed by atoms with Crippen molar-refractivity contribution in [2.75, 3.05) is 13.9 Å². The molecule has 0 aliphatic heterocycles. The molecule has 0 bridgehead atoms. The summed E-state index contributed by atoms with van der Waals surface area (Å²) in [5.41, 5.74) is 2.54. The van der Waals surface area contributed by atoms with Gasteiger partial charge in [0.25, 0.3) is 0 Å². The number of carbonyl (C=O) groups excluding carboxylic acids is 1. The summed E-state index contributed by atoms with van der Waals surface area (Å²) in [6.45, 7) is 0.199. The Morgan fingerprint density at radius 2 is 1.94 bits per heavy atom. The number of hydrogen-bond acceptors (Lipinski definition) is 3. The highest BCUT2D eigenvalue weighted by Crippen LogP contribution is 2.30. The number of ether oxygens (including phenoxy) is 2. The van der Waals surface area contributed by atoms with Gasteiger partial charge in [0.1, 0.15) is 12.0 Å². The van der Waals surface area contributed by atoms with Crippen LogP contribution in [-0.2, 0) is 4.74 Å². The molecule has 0 saturated carbocycles. The monoisotopic (exact) mass is 242 g/mol. The molecule has 0 spiro atoms. The van der Waals surface area contributed by atoms with E-state index in [-0.39, 0.29) is 6.79 Å². The number of aldehydes is 1. The van der Waals surface area contributed by atoms with Crippen molar-refractivity contribution in [3.05, 3.63) is 54.1 Å². The molecule has 3 nitrogen and oxygen atoms in total. The lowest BCUT2D eigenvalue weighted by atomic mass is 10.0. The van der Waals surface area contributed by atoms with Crippen molar-refractivity contribution in [1.82, 2.24) is 0 Å². The van der Waals surface area contributed by atoms with Crippen molar-refractivity contribution in [3.8, 4) is 16.9 Å². The van der Waals surface area contributed by atoms with Crippen LogP contribution in [0, 0.1) is 0 Å². The maximum Gasteiger partial charge on any atom is 0.188 e. The number of benzene rings is 2. The minimum atomic E-state index is 0.199. The van der Waals surface area contributed by atoms with Gasteiger partial charge >= 0.3 is 0 Å². The minimum Gasteiger partial charge on any atom is -0.467 e. The first-order valence-electron chi connectivity index (χ1n) is 5.61. The Hall–Kier alpha value is -2.13. The summed E-state index contributed by atoms with van der Waals surface area (Å²) in [5.74, 6) is 0.738. The molecule has 2 aromatic rings. The number of methoxy groups -OCH3 is 1. The summed E-state index contributed by atoms with van der Waals surface area (Å²) in [6, 6.07) is 15.1. The van der Waals surface area contributed by atoms with Gasteiger partial charge in [-0.2, -0.15) is 0 Å². The highest BCUT2D eigenvalue weighted by molar-refractivity contribution is 5.80. The number of para-hydroxylation sites is 1. The average molecular weight is 242 g/mol. The van der Waals surface area contributed by atoms with E-state index in [4.69, 9.17) is 9.47 Å². The van der Waals surface area contributed by atoms with E-state index in [1.54, 1.807) is 13.2 Å². The lowest BCUT2D eigenvalue weighted by Crippen LogP contribution is -2.00. The average Bonchev–Trinajstić information content (AvgIpc) is 2.45. The second kappa shape index (κ2) is 5.98. The lowest BCUT2D eigenvalue weighted by Gasteiger charge is -2.10. The summed E-state index contributed by atoms with van der Waals surface area (Å²) in [7, 11) is 1.58. The molecule has 0 radical (unpaired) electrons. The Labute approximate surface area is 106 Å². The fourth-order valence-corrected chi connectivity index (χ4v) is 1.73. The molecule has 0 N–H and O–H groups in total. The minimum absolute atomic E-state index is 0.199. The maximum absolute atomic E-state index is 10.8. The number of carbonyl (C=O) groups is 1. The van der Waals surface area contributed by atoms with E-state index in [9.17, 15) is 4.79 Å². The predicted molar refractivity (Wildman–Crippen MR) is 69.8 cm³/mol. The molecule has 0 aliphatic carbocycles. The molecule has 0 amide bonds. The molecule has 2 aromatic carbocycles. The Bertz CT molecular complexity index is 535. The van der Waals surface area contributed by atoms with Crippen LogP contribution in [0.1, 0.15) is 10.4 Å². The molecule has 0 unspecified atom stereocenters. The maximum atomic E-state index is 10.8. The second-order valence-corrected chi connectivity index (χ2v) is 3.79. The molecule has 0 heterocycles. The van der Waals surface area contributed by atoms with Gasteiger partial charge in [-0.1, -0.05) is 36.4 Å². The molecule has 92 valence electrons. The highest BCUT2D eigenvalue weighted by Gasteiger charge is 2.06. The Morgan fingerprint density at radius 1 is 1.11 bits per heavy atom. The summed E-state index contributed by atoms with van der Waals surface area (Å²) in [6.07, 6.45) is 0.835. The zero-order valence-electron chi connectivity index (χ0n) is 10.1. The number of hydrogen-bond donors (Lipinski definition) is 0. The standard InChI is InChI=1S/C15H14O3/c1-17-11-18-15-8-3-2-7-14(15)13-6-4-5-12(9-13)10-16/h2-10H,11H2,1H3. The van der Waals surface area contributed by atoms with Crippen LogP contribution in [-0.4, -0.2) is 20.2 Å². The molecular formula is C15H14O3. The van der Waals surface area contributed by atoms with Crippen molar-refractivity contribution in [2.45, 2.75) is 0 Å². The van der Waals surface area contributed by atoms with Crippen LogP contribution in [0.2, 0.25) is 0 Å². The van der Waals surface area contributed by atoms with Gasteiger partial charge in [0.15, 0.2) is 6.79 Å². The van der Waals surface area contributed by atoms with E-state index < -0.39 is 0 Å². The predicted octanol–water partition coefficient (Wildman–Crippen LogP) is 3.15. The molecule has 0 aliphatic rings. The van der Waals surface area contributed by atoms with Gasteiger partial charge in [0.05, 0.1) is 0 Å². The second-order valence-electron chi connectivity index (χ2n) is 3.79. The van der Waals surface area contributed by atoms with Gasteiger partial charge in [-0.3, -0.25) is 4.79 Å². The van der Waals surface area contributed by atoms with Crippen LogP contribution < -0.4 is 4.74 Å². The molecule has 0 atom stereocenters. The zero-order chi connectivity index (χ0) is 12.8. The van der Waals surface area contributed by atoms with Crippen LogP contribution in [0.5, 0.6) is 5.75 Å². The third-order valence-corrected chi connectivity index (χ3v) is 2.55. The first-order chi connectivity index (χ1) is 8.85. The van der Waals surface area contributed by atoms with Crippen LogP contribution in [0.4, 0.5) is 0 Å². The van der Waals surface area contributed by atoms with Crippen molar-refractivity contribution >= 4 is 6.29 Å². The third kappa shape index (κ3) is 2.76. The van der Waals surface area contributed by atoms with Crippen molar-refractivity contribution in [1.29, 1.82) is 0 Å². The lowest BCUT2D eigenvalue weighted by molar-refractivity contribution is 0.0515. The normalized spacial score (nSPS) is 10.1. The van der Waals surface area contributed by atoms with E-state index in [2.05, 4.69) is 0 Å². The summed E-state index contributed by atoms with van der Waals surface area (Å²) in [5, 5.41) is 0. The van der Waals surface area contributed by atoms with Crippen molar-refractivity contribution in [3.63, 3.8) is 0 Å². The van der Waals surface area contributed by atoms with Crippen molar-refractivity contribution < 1.29 is 14.3 Å². The SMILES string of the molecule is COCOc1ccccc1-c1cccc(C=O)c1. The van der Waals surface area contributed by atoms with Crippen LogP contribution in [0.3, 0.4) is 0 Å². The zero-order valence-corrected chi connectivity index (χ0v) is 10.1. The van der Waals surface area contributed by atoms with Gasteiger partial charge in [-0.15, -0.1) is 0 Å². The first-order valence-corrected chi connectivity index (χ1v) is 5.61. The smallest absolute Gasteiger partial charge is 0.188 e. The van der Waals surface area contributed by atoms with E-state index in [0.29, 0.717) is 5.56 Å².